The second-order valence-corrected chi connectivity index (χ2v) is 5.76. The molecule has 3 rings (SSSR count). The first-order valence-corrected chi connectivity index (χ1v) is 7.90. The Morgan fingerprint density at radius 1 is 1.07 bits per heavy atom. The summed E-state index contributed by atoms with van der Waals surface area (Å²) in [5.41, 5.74) is 0.502. The molecule has 0 radical (unpaired) electrons. The summed E-state index contributed by atoms with van der Waals surface area (Å²) in [6.07, 6.45) is 0. The molecule has 0 atom stereocenters. The predicted octanol–water partition coefficient (Wildman–Crippen LogP) is 1.47. The Labute approximate surface area is 152 Å². The normalized spacial score (nSPS) is 10.7. The third-order valence-electron chi connectivity index (χ3n) is 3.95. The summed E-state index contributed by atoms with van der Waals surface area (Å²) in [4.78, 5) is 34.6. The van der Waals surface area contributed by atoms with Gasteiger partial charge in [-0.2, -0.15) is 0 Å². The van der Waals surface area contributed by atoms with Gasteiger partial charge in [0.05, 0.1) is 12.0 Å². The average Bonchev–Trinajstić information content (AvgIpc) is 2.66. The van der Waals surface area contributed by atoms with Crippen LogP contribution in [0.15, 0.2) is 51.7 Å². The van der Waals surface area contributed by atoms with Crippen molar-refractivity contribution < 1.29 is 29.3 Å². The molecule has 0 saturated heterocycles. The highest BCUT2D eigenvalue weighted by Gasteiger charge is 2.21. The van der Waals surface area contributed by atoms with Crippen molar-refractivity contribution in [1.29, 1.82) is 0 Å². The molecule has 138 valence electrons. The smallest absolute Gasteiger partial charge is 0.353 e. The number of fused-ring (bicyclic) bond motifs is 1. The lowest BCUT2D eigenvalue weighted by molar-refractivity contribution is -0.135. The van der Waals surface area contributed by atoms with Crippen molar-refractivity contribution in [2.75, 3.05) is 6.54 Å². The van der Waals surface area contributed by atoms with E-state index in [1.54, 1.807) is 24.3 Å². The monoisotopic (exact) mass is 369 g/mol. The van der Waals surface area contributed by atoms with Gasteiger partial charge in [0, 0.05) is 0 Å². The van der Waals surface area contributed by atoms with Crippen LogP contribution in [0.2, 0.25) is 0 Å². The van der Waals surface area contributed by atoms with Gasteiger partial charge < -0.3 is 25.1 Å². The lowest BCUT2D eigenvalue weighted by atomic mass is 10.0. The van der Waals surface area contributed by atoms with E-state index in [1.807, 2.05) is 11.4 Å². The second-order valence-electron chi connectivity index (χ2n) is 5.76. The standard InChI is InChI=1S/C19H15NO7/c21-9-10-2-1-3-11(6-10)12-4-5-13-14(7-12)27-19(26)16(17(13)24)18(25)20-8-15(22)23/h1-7,21,24H,8-9H2,(H,20,25)(H,22,23). The van der Waals surface area contributed by atoms with Gasteiger partial charge in [-0.1, -0.05) is 24.3 Å². The number of amides is 1. The van der Waals surface area contributed by atoms with E-state index >= 15 is 0 Å². The number of carbonyl (C=O) groups is 2. The van der Waals surface area contributed by atoms with Crippen molar-refractivity contribution in [2.45, 2.75) is 6.61 Å². The zero-order chi connectivity index (χ0) is 19.6. The third kappa shape index (κ3) is 3.65. The number of carboxylic acid groups (broad SMARTS) is 1. The summed E-state index contributed by atoms with van der Waals surface area (Å²) >= 11 is 0. The predicted molar refractivity (Wildman–Crippen MR) is 95.5 cm³/mol. The van der Waals surface area contributed by atoms with Gasteiger partial charge in [-0.3, -0.25) is 9.59 Å². The van der Waals surface area contributed by atoms with Crippen LogP contribution in [0.25, 0.3) is 22.1 Å². The second kappa shape index (κ2) is 7.30. The fraction of sp³-hybridized carbons (Fsp3) is 0.105. The van der Waals surface area contributed by atoms with Gasteiger partial charge in [-0.05, 0) is 34.9 Å². The molecule has 0 unspecified atom stereocenters. The molecular formula is C19H15NO7. The lowest BCUT2D eigenvalue weighted by Gasteiger charge is -2.08. The molecule has 27 heavy (non-hydrogen) atoms. The number of aromatic hydroxyl groups is 1. The maximum atomic E-state index is 12.1. The molecule has 1 amide bonds. The van der Waals surface area contributed by atoms with Crippen LogP contribution < -0.4 is 10.9 Å². The summed E-state index contributed by atoms with van der Waals surface area (Å²) in [6.45, 7) is -0.817. The first-order valence-electron chi connectivity index (χ1n) is 7.90. The largest absolute Gasteiger partial charge is 0.506 e. The Morgan fingerprint density at radius 2 is 1.81 bits per heavy atom. The zero-order valence-corrected chi connectivity index (χ0v) is 13.9. The molecule has 8 heteroatoms. The van der Waals surface area contributed by atoms with Gasteiger partial charge in [0.1, 0.15) is 17.9 Å². The maximum absolute atomic E-state index is 12.1. The average molecular weight is 369 g/mol. The van der Waals surface area contributed by atoms with Crippen LogP contribution in [-0.4, -0.2) is 33.7 Å². The van der Waals surface area contributed by atoms with Gasteiger partial charge in [0.25, 0.3) is 5.91 Å². The van der Waals surface area contributed by atoms with Gasteiger partial charge >= 0.3 is 11.6 Å². The molecule has 3 aromatic rings. The zero-order valence-electron chi connectivity index (χ0n) is 13.9. The molecular weight excluding hydrogens is 354 g/mol. The molecule has 0 spiro atoms. The highest BCUT2D eigenvalue weighted by molar-refractivity contribution is 6.02. The van der Waals surface area contributed by atoms with Gasteiger partial charge in [-0.15, -0.1) is 0 Å². The SMILES string of the molecule is O=C(O)CNC(=O)c1c(O)c2ccc(-c3cccc(CO)c3)cc2oc1=O. The van der Waals surface area contributed by atoms with Crippen LogP contribution in [0.5, 0.6) is 5.75 Å². The van der Waals surface area contributed by atoms with E-state index in [4.69, 9.17) is 9.52 Å². The van der Waals surface area contributed by atoms with Gasteiger partial charge in [0.2, 0.25) is 0 Å². The quantitative estimate of drug-likeness (QED) is 0.500. The van der Waals surface area contributed by atoms with Crippen LogP contribution >= 0.6 is 0 Å². The minimum Gasteiger partial charge on any atom is -0.506 e. The minimum atomic E-state index is -1.29. The van der Waals surface area contributed by atoms with Crippen molar-refractivity contribution in [3.8, 4) is 16.9 Å². The number of aliphatic hydroxyl groups excluding tert-OH is 1. The van der Waals surface area contributed by atoms with E-state index in [2.05, 4.69) is 0 Å². The van der Waals surface area contributed by atoms with E-state index < -0.39 is 35.4 Å². The summed E-state index contributed by atoms with van der Waals surface area (Å²) in [7, 11) is 0. The molecule has 0 aliphatic heterocycles. The van der Waals surface area contributed by atoms with E-state index in [-0.39, 0.29) is 17.6 Å². The molecule has 0 fully saturated rings. The number of benzene rings is 2. The van der Waals surface area contributed by atoms with Crippen LogP contribution in [0.1, 0.15) is 15.9 Å². The van der Waals surface area contributed by atoms with Crippen LogP contribution in [0, 0.1) is 0 Å². The first kappa shape index (κ1) is 18.2. The van der Waals surface area contributed by atoms with E-state index in [1.165, 1.54) is 12.1 Å². The number of aliphatic hydroxyl groups is 1. The molecule has 0 bridgehead atoms. The highest BCUT2D eigenvalue weighted by Crippen LogP contribution is 2.30. The summed E-state index contributed by atoms with van der Waals surface area (Å²) in [5.74, 6) is -2.91. The van der Waals surface area contributed by atoms with Gasteiger partial charge in [-0.25, -0.2) is 4.79 Å². The topological polar surface area (TPSA) is 137 Å². The number of carboxylic acids is 1. The van der Waals surface area contributed by atoms with Gasteiger partial charge in [0.15, 0.2) is 5.56 Å². The van der Waals surface area contributed by atoms with Crippen molar-refractivity contribution in [2.24, 2.45) is 0 Å². The first-order chi connectivity index (χ1) is 12.9. The number of hydrogen-bond acceptors (Lipinski definition) is 6. The molecule has 1 aromatic heterocycles. The Morgan fingerprint density at radius 3 is 2.52 bits per heavy atom. The maximum Gasteiger partial charge on any atom is 0.353 e. The Balaban J connectivity index is 2.06. The molecule has 2 aromatic carbocycles. The Hall–Kier alpha value is -3.65. The molecule has 4 N–H and O–H groups in total. The van der Waals surface area contributed by atoms with E-state index in [0.717, 1.165) is 5.56 Å². The highest BCUT2D eigenvalue weighted by atomic mass is 16.4. The lowest BCUT2D eigenvalue weighted by Crippen LogP contribution is -2.32. The number of nitrogens with one attached hydrogen (secondary N) is 1. The van der Waals surface area contributed by atoms with Crippen LogP contribution in [0.3, 0.4) is 0 Å². The fourth-order valence-corrected chi connectivity index (χ4v) is 2.66. The van der Waals surface area contributed by atoms with Crippen LogP contribution in [0.4, 0.5) is 0 Å². The fourth-order valence-electron chi connectivity index (χ4n) is 2.66. The van der Waals surface area contributed by atoms with Crippen molar-refractivity contribution in [3.63, 3.8) is 0 Å². The Bertz CT molecular complexity index is 1100. The summed E-state index contributed by atoms with van der Waals surface area (Å²) < 4.78 is 5.15. The minimum absolute atomic E-state index is 0.0687. The van der Waals surface area contributed by atoms with Crippen molar-refractivity contribution in [1.82, 2.24) is 5.32 Å². The Kier molecular flexibility index (Phi) is 4.91. The van der Waals surface area contributed by atoms with E-state index in [0.29, 0.717) is 11.1 Å². The summed E-state index contributed by atoms with van der Waals surface area (Å²) in [5, 5.41) is 30.3. The molecule has 1 heterocycles. The number of hydrogen-bond donors (Lipinski definition) is 4. The van der Waals surface area contributed by atoms with E-state index in [9.17, 15) is 24.6 Å². The number of rotatable bonds is 5. The van der Waals surface area contributed by atoms with Crippen molar-refractivity contribution >= 4 is 22.8 Å². The van der Waals surface area contributed by atoms with Crippen LogP contribution in [-0.2, 0) is 11.4 Å². The molecule has 0 aliphatic carbocycles. The molecule has 0 aliphatic rings. The third-order valence-corrected chi connectivity index (χ3v) is 3.95. The number of aliphatic carboxylic acids is 1. The molecule has 0 saturated carbocycles. The number of carbonyl (C=O) groups excluding carboxylic acids is 1. The summed E-state index contributed by atoms with van der Waals surface area (Å²) in [6, 6.07) is 11.8. The molecule has 8 nitrogen and oxygen atoms in total. The van der Waals surface area contributed by atoms with Crippen molar-refractivity contribution in [3.05, 3.63) is 64.0 Å².